The van der Waals surface area contributed by atoms with Crippen molar-refractivity contribution in [1.29, 1.82) is 0 Å². The monoisotopic (exact) mass is 381 g/mol. The molecule has 2 heterocycles. The molecule has 2 aromatic rings. The summed E-state index contributed by atoms with van der Waals surface area (Å²) in [4.78, 5) is 9.79. The normalized spacial score (nSPS) is 16.3. The summed E-state index contributed by atoms with van der Waals surface area (Å²) in [5.41, 5.74) is 1.11. The van der Waals surface area contributed by atoms with E-state index in [1.165, 1.54) is 6.07 Å². The van der Waals surface area contributed by atoms with E-state index in [0.29, 0.717) is 24.4 Å². The molecule has 1 saturated heterocycles. The summed E-state index contributed by atoms with van der Waals surface area (Å²) in [5.74, 6) is -0.366. The third kappa shape index (κ3) is 3.97. The first-order valence-electron chi connectivity index (χ1n) is 8.79. The van der Waals surface area contributed by atoms with Gasteiger partial charge in [-0.3, -0.25) is 4.84 Å². The summed E-state index contributed by atoms with van der Waals surface area (Å²) in [6.07, 6.45) is 3.59. The minimum atomic E-state index is -3.59. The quantitative estimate of drug-likeness (QED) is 0.770. The molecule has 0 N–H and O–H groups in total. The Morgan fingerprint density at radius 3 is 2.65 bits per heavy atom. The van der Waals surface area contributed by atoms with Crippen LogP contribution in [0.15, 0.2) is 35.6 Å². The van der Waals surface area contributed by atoms with E-state index in [4.69, 9.17) is 4.84 Å². The molecule has 0 amide bonds. The number of halogens is 1. The smallest absolute Gasteiger partial charge is 0.228 e. The van der Waals surface area contributed by atoms with Crippen molar-refractivity contribution in [2.24, 2.45) is 0 Å². The number of aromatic nitrogens is 2. The fourth-order valence-electron chi connectivity index (χ4n) is 2.88. The van der Waals surface area contributed by atoms with Gasteiger partial charge in [0.2, 0.25) is 15.0 Å². The Hall–Kier alpha value is -1.77. The van der Waals surface area contributed by atoms with Crippen LogP contribution >= 0.6 is 0 Å². The summed E-state index contributed by atoms with van der Waals surface area (Å²) in [6.45, 7) is 5.18. The summed E-state index contributed by atoms with van der Waals surface area (Å²) in [5, 5.41) is 1.18. The molecule has 0 atom stereocenters. The van der Waals surface area contributed by atoms with Crippen molar-refractivity contribution in [1.82, 2.24) is 14.6 Å². The van der Waals surface area contributed by atoms with Crippen LogP contribution in [0.4, 0.5) is 4.39 Å². The van der Waals surface area contributed by atoms with Gasteiger partial charge < -0.3 is 4.57 Å². The van der Waals surface area contributed by atoms with E-state index < -0.39 is 15.1 Å². The highest BCUT2D eigenvalue weighted by Gasteiger charge is 2.28. The molecule has 142 valence electrons. The van der Waals surface area contributed by atoms with Crippen LogP contribution in [0.3, 0.4) is 0 Å². The average Bonchev–Trinajstić information content (AvgIpc) is 3.01. The van der Waals surface area contributed by atoms with E-state index in [1.54, 1.807) is 42.8 Å². The highest BCUT2D eigenvalue weighted by atomic mass is 32.2. The van der Waals surface area contributed by atoms with Crippen molar-refractivity contribution < 1.29 is 17.6 Å². The lowest BCUT2D eigenvalue weighted by Crippen LogP contribution is -2.31. The summed E-state index contributed by atoms with van der Waals surface area (Å²) >= 11 is 0. The van der Waals surface area contributed by atoms with Crippen LogP contribution in [-0.2, 0) is 27.8 Å². The molecule has 0 bridgehead atoms. The van der Waals surface area contributed by atoms with Crippen molar-refractivity contribution in [2.45, 2.75) is 50.2 Å². The Kier molecular flexibility index (Phi) is 5.74. The molecule has 8 heteroatoms. The Balaban J connectivity index is 1.99. The predicted molar refractivity (Wildman–Crippen MR) is 95.6 cm³/mol. The van der Waals surface area contributed by atoms with Crippen molar-refractivity contribution in [2.75, 3.05) is 13.2 Å². The second-order valence-electron chi connectivity index (χ2n) is 6.71. The summed E-state index contributed by atoms with van der Waals surface area (Å²) in [7, 11) is -3.59. The van der Waals surface area contributed by atoms with Gasteiger partial charge >= 0.3 is 0 Å². The molecular weight excluding hydrogens is 357 g/mol. The molecule has 0 unspecified atom stereocenters. The minimum absolute atomic E-state index is 0.0252. The number of sulfone groups is 1. The molecule has 3 rings (SSSR count). The Labute approximate surface area is 153 Å². The SMILES string of the molecule is CC(C)S(=O)(=O)c1ncc(CN2CCCCO2)n1Cc1ccccc1F. The molecular formula is C18H24FN3O3S. The number of nitrogens with zero attached hydrogens (tertiary/aromatic N) is 3. The van der Waals surface area contributed by atoms with Gasteiger partial charge in [-0.2, -0.15) is 5.06 Å². The van der Waals surface area contributed by atoms with Gasteiger partial charge in [-0.25, -0.2) is 17.8 Å². The maximum atomic E-state index is 14.1. The van der Waals surface area contributed by atoms with Gasteiger partial charge in [-0.1, -0.05) is 18.2 Å². The summed E-state index contributed by atoms with van der Waals surface area (Å²) < 4.78 is 41.2. The van der Waals surface area contributed by atoms with Gasteiger partial charge in [0.1, 0.15) is 5.82 Å². The fourth-order valence-corrected chi connectivity index (χ4v) is 3.99. The highest BCUT2D eigenvalue weighted by Crippen LogP contribution is 2.21. The zero-order valence-corrected chi connectivity index (χ0v) is 15.9. The van der Waals surface area contributed by atoms with E-state index in [-0.39, 0.29) is 17.5 Å². The average molecular weight is 381 g/mol. The molecule has 1 aromatic heterocycles. The molecule has 1 aliphatic rings. The summed E-state index contributed by atoms with van der Waals surface area (Å²) in [6, 6.07) is 6.37. The molecule has 1 aliphatic heterocycles. The zero-order valence-electron chi connectivity index (χ0n) is 15.1. The molecule has 0 spiro atoms. The minimum Gasteiger partial charge on any atom is -0.313 e. The maximum absolute atomic E-state index is 14.1. The van der Waals surface area contributed by atoms with Crippen LogP contribution in [0, 0.1) is 5.82 Å². The second kappa shape index (κ2) is 7.85. The van der Waals surface area contributed by atoms with E-state index in [1.807, 2.05) is 5.06 Å². The van der Waals surface area contributed by atoms with E-state index in [2.05, 4.69) is 4.98 Å². The number of hydrogen-bond acceptors (Lipinski definition) is 5. The Bertz CT molecular complexity index is 858. The van der Waals surface area contributed by atoms with E-state index in [0.717, 1.165) is 19.4 Å². The van der Waals surface area contributed by atoms with Crippen molar-refractivity contribution >= 4 is 9.84 Å². The lowest BCUT2D eigenvalue weighted by atomic mass is 10.2. The molecule has 1 aromatic carbocycles. The predicted octanol–water partition coefficient (Wildman–Crippen LogP) is 2.78. The number of hydroxylamine groups is 2. The Morgan fingerprint density at radius 1 is 1.23 bits per heavy atom. The molecule has 1 fully saturated rings. The largest absolute Gasteiger partial charge is 0.313 e. The number of imidazole rings is 1. The maximum Gasteiger partial charge on any atom is 0.228 e. The van der Waals surface area contributed by atoms with Gasteiger partial charge in [0.25, 0.3) is 0 Å². The number of benzene rings is 1. The third-order valence-electron chi connectivity index (χ3n) is 4.48. The Morgan fingerprint density at radius 2 is 2.00 bits per heavy atom. The van der Waals surface area contributed by atoms with Crippen LogP contribution in [-0.4, -0.2) is 41.4 Å². The standard InChI is InChI=1S/C18H24FN3O3S/c1-14(2)26(23,24)18-20-11-16(13-21-9-5-6-10-25-21)22(18)12-15-7-3-4-8-17(15)19/h3-4,7-8,11,14H,5-6,9-10,12-13H2,1-2H3. The molecule has 0 aliphatic carbocycles. The second-order valence-corrected chi connectivity index (χ2v) is 9.11. The zero-order chi connectivity index (χ0) is 18.7. The first kappa shape index (κ1) is 19.0. The lowest BCUT2D eigenvalue weighted by molar-refractivity contribution is -0.188. The fraction of sp³-hybridized carbons (Fsp3) is 0.500. The van der Waals surface area contributed by atoms with Gasteiger partial charge in [0.15, 0.2) is 0 Å². The van der Waals surface area contributed by atoms with E-state index >= 15 is 0 Å². The van der Waals surface area contributed by atoms with Gasteiger partial charge in [0.05, 0.1) is 36.8 Å². The van der Waals surface area contributed by atoms with Crippen LogP contribution in [0.5, 0.6) is 0 Å². The number of rotatable bonds is 6. The highest BCUT2D eigenvalue weighted by molar-refractivity contribution is 7.91. The van der Waals surface area contributed by atoms with Crippen molar-refractivity contribution in [3.63, 3.8) is 0 Å². The van der Waals surface area contributed by atoms with E-state index in [9.17, 15) is 12.8 Å². The van der Waals surface area contributed by atoms with Crippen LogP contribution in [0.25, 0.3) is 0 Å². The van der Waals surface area contributed by atoms with Crippen molar-refractivity contribution in [3.05, 3.63) is 47.5 Å². The first-order chi connectivity index (χ1) is 12.4. The lowest BCUT2D eigenvalue weighted by Gasteiger charge is -2.26. The van der Waals surface area contributed by atoms with Crippen LogP contribution in [0.2, 0.25) is 0 Å². The number of hydrogen-bond donors (Lipinski definition) is 0. The first-order valence-corrected chi connectivity index (χ1v) is 10.3. The topological polar surface area (TPSA) is 64.4 Å². The van der Waals surface area contributed by atoms with Crippen LogP contribution in [0.1, 0.15) is 37.9 Å². The molecule has 6 nitrogen and oxygen atoms in total. The third-order valence-corrected chi connectivity index (χ3v) is 6.55. The van der Waals surface area contributed by atoms with Crippen LogP contribution < -0.4 is 0 Å². The van der Waals surface area contributed by atoms with Gasteiger partial charge in [-0.15, -0.1) is 0 Å². The van der Waals surface area contributed by atoms with Crippen molar-refractivity contribution in [3.8, 4) is 0 Å². The molecule has 0 radical (unpaired) electrons. The molecule has 0 saturated carbocycles. The molecule has 26 heavy (non-hydrogen) atoms. The van der Waals surface area contributed by atoms with Gasteiger partial charge in [-0.05, 0) is 32.8 Å². The van der Waals surface area contributed by atoms with Gasteiger partial charge in [0, 0.05) is 12.1 Å².